The molecule has 2 saturated heterocycles. The highest BCUT2D eigenvalue weighted by Gasteiger charge is 2.30. The molecule has 1 aromatic rings. The van der Waals surface area contributed by atoms with Crippen molar-refractivity contribution in [1.82, 2.24) is 15.1 Å². The first kappa shape index (κ1) is 19.2. The largest absolute Gasteiger partial charge is 0.379 e. The Balaban J connectivity index is 1.35. The SMILES string of the molecule is CCNC(=NCCN1C(=O)Cc2ccccc21)N1CCC(N2CCOCC2)C1. The number of morpholine rings is 1. The molecule has 0 spiro atoms. The number of likely N-dealkylation sites (tertiary alicyclic amines) is 1. The number of guanidine groups is 1. The molecule has 1 unspecified atom stereocenters. The number of ether oxygens (including phenoxy) is 1. The van der Waals surface area contributed by atoms with Crippen molar-refractivity contribution in [2.24, 2.45) is 4.99 Å². The van der Waals surface area contributed by atoms with E-state index in [1.165, 1.54) is 6.42 Å². The van der Waals surface area contributed by atoms with Crippen LogP contribution in [0.25, 0.3) is 0 Å². The summed E-state index contributed by atoms with van der Waals surface area (Å²) < 4.78 is 5.48. The Morgan fingerprint density at radius 3 is 2.89 bits per heavy atom. The third kappa shape index (κ3) is 4.15. The van der Waals surface area contributed by atoms with Crippen LogP contribution in [-0.2, 0) is 16.0 Å². The molecule has 0 aromatic heterocycles. The lowest BCUT2D eigenvalue weighted by Gasteiger charge is -2.32. The second-order valence-corrected chi connectivity index (χ2v) is 7.62. The molecular weight excluding hydrogens is 354 g/mol. The Kier molecular flexibility index (Phi) is 6.12. The number of hydrogen-bond acceptors (Lipinski definition) is 4. The third-order valence-corrected chi connectivity index (χ3v) is 5.87. The second-order valence-electron chi connectivity index (χ2n) is 7.62. The van der Waals surface area contributed by atoms with E-state index in [0.717, 1.165) is 63.1 Å². The Hall–Kier alpha value is -2.12. The first-order chi connectivity index (χ1) is 13.8. The minimum atomic E-state index is 0.176. The van der Waals surface area contributed by atoms with Crippen LogP contribution in [0.4, 0.5) is 5.69 Å². The van der Waals surface area contributed by atoms with Crippen molar-refractivity contribution in [3.63, 3.8) is 0 Å². The predicted molar refractivity (Wildman–Crippen MR) is 111 cm³/mol. The summed E-state index contributed by atoms with van der Waals surface area (Å²) in [5, 5.41) is 3.43. The molecule has 7 heteroatoms. The van der Waals surface area contributed by atoms with Gasteiger partial charge in [0.25, 0.3) is 0 Å². The van der Waals surface area contributed by atoms with Gasteiger partial charge in [0.05, 0.1) is 26.2 Å². The summed E-state index contributed by atoms with van der Waals surface area (Å²) in [6, 6.07) is 8.64. The number of aliphatic imine (C=N–C) groups is 1. The zero-order valence-corrected chi connectivity index (χ0v) is 16.8. The summed E-state index contributed by atoms with van der Waals surface area (Å²) in [4.78, 5) is 24.0. The number of carbonyl (C=O) groups excluding carboxylic acids is 1. The number of anilines is 1. The lowest BCUT2D eigenvalue weighted by atomic mass is 10.2. The Morgan fingerprint density at radius 2 is 2.07 bits per heavy atom. The van der Waals surface area contributed by atoms with Crippen molar-refractivity contribution in [3.05, 3.63) is 29.8 Å². The third-order valence-electron chi connectivity index (χ3n) is 5.87. The van der Waals surface area contributed by atoms with Crippen molar-refractivity contribution < 1.29 is 9.53 Å². The fourth-order valence-electron chi connectivity index (χ4n) is 4.42. The molecule has 1 aromatic carbocycles. The zero-order chi connectivity index (χ0) is 19.3. The quantitative estimate of drug-likeness (QED) is 0.604. The number of rotatable bonds is 5. The van der Waals surface area contributed by atoms with E-state index in [1.807, 2.05) is 29.2 Å². The van der Waals surface area contributed by atoms with E-state index in [9.17, 15) is 4.79 Å². The van der Waals surface area contributed by atoms with Gasteiger partial charge in [-0.25, -0.2) is 0 Å². The maximum absolute atomic E-state index is 12.3. The van der Waals surface area contributed by atoms with Crippen LogP contribution >= 0.6 is 0 Å². The minimum Gasteiger partial charge on any atom is -0.379 e. The smallest absolute Gasteiger partial charge is 0.231 e. The molecular formula is C21H31N5O2. The number of amides is 1. The van der Waals surface area contributed by atoms with E-state index < -0.39 is 0 Å². The van der Waals surface area contributed by atoms with E-state index in [1.54, 1.807) is 0 Å². The van der Waals surface area contributed by atoms with Crippen LogP contribution < -0.4 is 10.2 Å². The maximum atomic E-state index is 12.3. The van der Waals surface area contributed by atoms with Gasteiger partial charge in [0, 0.05) is 51.0 Å². The van der Waals surface area contributed by atoms with Crippen molar-refractivity contribution in [3.8, 4) is 0 Å². The molecule has 1 amide bonds. The number of hydrogen-bond donors (Lipinski definition) is 1. The van der Waals surface area contributed by atoms with E-state index in [2.05, 4.69) is 22.0 Å². The molecule has 1 N–H and O–H groups in total. The van der Waals surface area contributed by atoms with Gasteiger partial charge < -0.3 is 19.9 Å². The van der Waals surface area contributed by atoms with Gasteiger partial charge in [0.2, 0.25) is 5.91 Å². The topological polar surface area (TPSA) is 60.4 Å². The fourth-order valence-corrected chi connectivity index (χ4v) is 4.42. The number of para-hydroxylation sites is 1. The summed E-state index contributed by atoms with van der Waals surface area (Å²) in [7, 11) is 0. The van der Waals surface area contributed by atoms with Crippen molar-refractivity contribution in [2.75, 3.05) is 63.9 Å². The molecule has 0 saturated carbocycles. The van der Waals surface area contributed by atoms with Crippen LogP contribution in [0.5, 0.6) is 0 Å². The van der Waals surface area contributed by atoms with Crippen LogP contribution in [0.1, 0.15) is 18.9 Å². The van der Waals surface area contributed by atoms with Crippen LogP contribution in [0.2, 0.25) is 0 Å². The highest BCUT2D eigenvalue weighted by Crippen LogP contribution is 2.27. The summed E-state index contributed by atoms with van der Waals surface area (Å²) >= 11 is 0. The molecule has 152 valence electrons. The van der Waals surface area contributed by atoms with Gasteiger partial charge in [0.15, 0.2) is 5.96 Å². The van der Waals surface area contributed by atoms with Gasteiger partial charge in [0.1, 0.15) is 0 Å². The minimum absolute atomic E-state index is 0.176. The highest BCUT2D eigenvalue weighted by molar-refractivity contribution is 6.01. The number of benzene rings is 1. The summed E-state index contributed by atoms with van der Waals surface area (Å²) in [5.41, 5.74) is 2.16. The fraction of sp³-hybridized carbons (Fsp3) is 0.619. The van der Waals surface area contributed by atoms with E-state index >= 15 is 0 Å². The number of fused-ring (bicyclic) bond motifs is 1. The maximum Gasteiger partial charge on any atom is 0.231 e. The standard InChI is InChI=1S/C21H31N5O2/c1-2-22-21(25-9-7-18(16-25)24-11-13-28-14-12-24)23-8-10-26-19-6-4-3-5-17(19)15-20(26)27/h3-6,18H,2,7-16H2,1H3,(H,22,23). The van der Waals surface area contributed by atoms with E-state index in [-0.39, 0.29) is 5.91 Å². The predicted octanol–water partition coefficient (Wildman–Crippen LogP) is 0.948. The number of carbonyl (C=O) groups is 1. The Bertz CT molecular complexity index is 717. The van der Waals surface area contributed by atoms with Gasteiger partial charge in [-0.15, -0.1) is 0 Å². The molecule has 2 fully saturated rings. The average Bonchev–Trinajstić information content (AvgIpc) is 3.33. The molecule has 3 aliphatic rings. The Labute approximate surface area is 167 Å². The molecule has 4 rings (SSSR count). The number of nitrogens with zero attached hydrogens (tertiary/aromatic N) is 4. The average molecular weight is 386 g/mol. The molecule has 0 radical (unpaired) electrons. The number of nitrogens with one attached hydrogen (secondary N) is 1. The van der Waals surface area contributed by atoms with Crippen LogP contribution in [0.3, 0.4) is 0 Å². The van der Waals surface area contributed by atoms with Crippen LogP contribution in [0.15, 0.2) is 29.3 Å². The zero-order valence-electron chi connectivity index (χ0n) is 16.8. The molecule has 3 aliphatic heterocycles. The summed E-state index contributed by atoms with van der Waals surface area (Å²) in [6.07, 6.45) is 1.68. The van der Waals surface area contributed by atoms with Crippen LogP contribution in [-0.4, -0.2) is 86.7 Å². The van der Waals surface area contributed by atoms with Crippen molar-refractivity contribution >= 4 is 17.6 Å². The summed E-state index contributed by atoms with van der Waals surface area (Å²) in [5.74, 6) is 1.15. The van der Waals surface area contributed by atoms with Crippen molar-refractivity contribution in [1.29, 1.82) is 0 Å². The Morgan fingerprint density at radius 1 is 1.25 bits per heavy atom. The first-order valence-electron chi connectivity index (χ1n) is 10.5. The van der Waals surface area contributed by atoms with Crippen molar-refractivity contribution in [2.45, 2.75) is 25.8 Å². The monoisotopic (exact) mass is 385 g/mol. The second kappa shape index (κ2) is 8.92. The lowest BCUT2D eigenvalue weighted by Crippen LogP contribution is -2.46. The normalized spacial score (nSPS) is 23.4. The first-order valence-corrected chi connectivity index (χ1v) is 10.5. The molecule has 1 atom stereocenters. The van der Waals surface area contributed by atoms with Gasteiger partial charge in [-0.3, -0.25) is 14.7 Å². The van der Waals surface area contributed by atoms with E-state index in [0.29, 0.717) is 25.6 Å². The molecule has 7 nitrogen and oxygen atoms in total. The molecule has 28 heavy (non-hydrogen) atoms. The molecule has 0 bridgehead atoms. The molecule has 3 heterocycles. The van der Waals surface area contributed by atoms with Crippen LogP contribution in [0, 0.1) is 0 Å². The van der Waals surface area contributed by atoms with Gasteiger partial charge in [-0.2, -0.15) is 0 Å². The van der Waals surface area contributed by atoms with Gasteiger partial charge >= 0.3 is 0 Å². The van der Waals surface area contributed by atoms with Gasteiger partial charge in [-0.05, 0) is 25.0 Å². The highest BCUT2D eigenvalue weighted by atomic mass is 16.5. The molecule has 0 aliphatic carbocycles. The lowest BCUT2D eigenvalue weighted by molar-refractivity contribution is -0.117. The van der Waals surface area contributed by atoms with E-state index in [4.69, 9.17) is 9.73 Å². The van der Waals surface area contributed by atoms with Gasteiger partial charge in [-0.1, -0.05) is 18.2 Å². The summed E-state index contributed by atoms with van der Waals surface area (Å²) in [6.45, 7) is 9.98.